The highest BCUT2D eigenvalue weighted by atomic mass is 32.2. The van der Waals surface area contributed by atoms with E-state index in [2.05, 4.69) is 15.0 Å². The van der Waals surface area contributed by atoms with Gasteiger partial charge in [0.2, 0.25) is 0 Å². The van der Waals surface area contributed by atoms with Gasteiger partial charge in [-0.15, -0.1) is 0 Å². The lowest BCUT2D eigenvalue weighted by atomic mass is 10.2. The van der Waals surface area contributed by atoms with Crippen molar-refractivity contribution in [3.8, 4) is 0 Å². The molecule has 2 aromatic rings. The third-order valence-electron chi connectivity index (χ3n) is 2.86. The van der Waals surface area contributed by atoms with Gasteiger partial charge in [0.25, 0.3) is 5.91 Å². The van der Waals surface area contributed by atoms with E-state index in [-0.39, 0.29) is 5.91 Å². The molecule has 0 unspecified atom stereocenters. The molecule has 0 bridgehead atoms. The monoisotopic (exact) mass is 296 g/mol. The molecule has 0 aliphatic carbocycles. The van der Waals surface area contributed by atoms with E-state index in [9.17, 15) is 4.79 Å². The average Bonchev–Trinajstić information content (AvgIpc) is 2.78. The van der Waals surface area contributed by atoms with Crippen LogP contribution in [-0.4, -0.2) is 33.0 Å². The first-order valence-corrected chi connectivity index (χ1v) is 7.12. The lowest BCUT2D eigenvalue weighted by Crippen LogP contribution is -2.23. The summed E-state index contributed by atoms with van der Waals surface area (Å²) in [6.07, 6.45) is 8.59. The van der Waals surface area contributed by atoms with Gasteiger partial charge in [0, 0.05) is 25.6 Å². The number of carbonyl (C=O) groups is 1. The number of aromatic nitrogens is 2. The fraction of sp³-hybridized carbons (Fsp3) is 0.0667. The van der Waals surface area contributed by atoms with Crippen molar-refractivity contribution in [1.82, 2.24) is 14.9 Å². The molecule has 0 atom stereocenters. The van der Waals surface area contributed by atoms with Crippen LogP contribution in [0.4, 0.5) is 5.69 Å². The van der Waals surface area contributed by atoms with Crippen molar-refractivity contribution in [3.05, 3.63) is 59.5 Å². The van der Waals surface area contributed by atoms with Crippen molar-refractivity contribution in [2.24, 2.45) is 4.99 Å². The van der Waals surface area contributed by atoms with Crippen molar-refractivity contribution >= 4 is 34.6 Å². The molecule has 1 fully saturated rings. The Morgan fingerprint density at radius 3 is 2.62 bits per heavy atom. The maximum Gasteiger partial charge on any atom is 0.266 e. The molecule has 1 saturated heterocycles. The number of amides is 1. The molecule has 1 amide bonds. The van der Waals surface area contributed by atoms with Crippen LogP contribution in [0.1, 0.15) is 5.56 Å². The quantitative estimate of drug-likeness (QED) is 0.800. The predicted octanol–water partition coefficient (Wildman–Crippen LogP) is 2.71. The first-order valence-electron chi connectivity index (χ1n) is 6.30. The van der Waals surface area contributed by atoms with E-state index in [4.69, 9.17) is 0 Å². The molecule has 1 aliphatic rings. The second kappa shape index (κ2) is 5.88. The summed E-state index contributed by atoms with van der Waals surface area (Å²) in [6.45, 7) is 0. The first-order chi connectivity index (χ1) is 10.2. The van der Waals surface area contributed by atoms with E-state index in [1.807, 2.05) is 30.3 Å². The van der Waals surface area contributed by atoms with Crippen molar-refractivity contribution in [2.75, 3.05) is 7.05 Å². The summed E-state index contributed by atoms with van der Waals surface area (Å²) >= 11 is 1.35. The Balaban J connectivity index is 1.89. The maximum atomic E-state index is 12.2. The van der Waals surface area contributed by atoms with Crippen molar-refractivity contribution in [2.45, 2.75) is 0 Å². The smallest absolute Gasteiger partial charge is 0.266 e. The van der Waals surface area contributed by atoms with Crippen molar-refractivity contribution in [3.63, 3.8) is 0 Å². The number of amidine groups is 1. The zero-order valence-electron chi connectivity index (χ0n) is 11.3. The Morgan fingerprint density at radius 1 is 1.19 bits per heavy atom. The molecule has 3 heterocycles. The molecule has 2 aromatic heterocycles. The third kappa shape index (κ3) is 3.00. The van der Waals surface area contributed by atoms with E-state index < -0.39 is 0 Å². The summed E-state index contributed by atoms with van der Waals surface area (Å²) in [6, 6.07) is 7.41. The molecule has 0 spiro atoms. The Bertz CT molecular complexity index is 713. The van der Waals surface area contributed by atoms with Crippen molar-refractivity contribution < 1.29 is 4.79 Å². The standard InChI is InChI=1S/C15H12N4OS/c1-19-14(20)13(8-11-4-2-6-16-9-11)21-15(19)18-12-5-3-7-17-10-12/h2-10H,1H3/b13-8-,18-15?. The molecule has 0 aromatic carbocycles. The number of thioether (sulfide) groups is 1. The van der Waals surface area contributed by atoms with Gasteiger partial charge in [-0.3, -0.25) is 19.7 Å². The number of likely N-dealkylation sites (N-methyl/N-ethyl adjacent to an activating group) is 1. The zero-order valence-corrected chi connectivity index (χ0v) is 12.1. The SMILES string of the molecule is CN1C(=O)/C(=C/c2cccnc2)SC1=Nc1cccnc1. The topological polar surface area (TPSA) is 58.5 Å². The van der Waals surface area contributed by atoms with E-state index in [0.717, 1.165) is 11.3 Å². The minimum absolute atomic E-state index is 0.0634. The van der Waals surface area contributed by atoms with Gasteiger partial charge < -0.3 is 0 Å². The Kier molecular flexibility index (Phi) is 3.79. The zero-order chi connectivity index (χ0) is 14.7. The van der Waals surface area contributed by atoms with Crippen LogP contribution in [0.25, 0.3) is 6.08 Å². The Labute approximate surface area is 126 Å². The fourth-order valence-electron chi connectivity index (χ4n) is 1.79. The van der Waals surface area contributed by atoms with Gasteiger partial charge >= 0.3 is 0 Å². The minimum Gasteiger partial charge on any atom is -0.290 e. The van der Waals surface area contributed by atoms with Gasteiger partial charge in [0.15, 0.2) is 5.17 Å². The molecule has 3 rings (SSSR count). The number of hydrogen-bond acceptors (Lipinski definition) is 5. The van der Waals surface area contributed by atoms with Gasteiger partial charge in [0.1, 0.15) is 0 Å². The van der Waals surface area contributed by atoms with E-state index in [0.29, 0.717) is 10.1 Å². The van der Waals surface area contributed by atoms with Crippen LogP contribution in [0.15, 0.2) is 59.0 Å². The highest BCUT2D eigenvalue weighted by Crippen LogP contribution is 2.32. The average molecular weight is 296 g/mol. The molecular formula is C15H12N4OS. The molecule has 0 saturated carbocycles. The molecule has 21 heavy (non-hydrogen) atoms. The molecule has 0 N–H and O–H groups in total. The Morgan fingerprint density at radius 2 is 1.95 bits per heavy atom. The highest BCUT2D eigenvalue weighted by Gasteiger charge is 2.30. The third-order valence-corrected chi connectivity index (χ3v) is 3.92. The van der Waals surface area contributed by atoms with E-state index in [1.165, 1.54) is 11.8 Å². The van der Waals surface area contributed by atoms with Crippen LogP contribution in [0, 0.1) is 0 Å². The van der Waals surface area contributed by atoms with E-state index >= 15 is 0 Å². The van der Waals surface area contributed by atoms with E-state index in [1.54, 1.807) is 36.7 Å². The number of pyridine rings is 2. The van der Waals surface area contributed by atoms with Crippen LogP contribution in [-0.2, 0) is 4.79 Å². The highest BCUT2D eigenvalue weighted by molar-refractivity contribution is 8.18. The van der Waals surface area contributed by atoms with Gasteiger partial charge in [0.05, 0.1) is 16.8 Å². The summed E-state index contributed by atoms with van der Waals surface area (Å²) < 4.78 is 0. The summed E-state index contributed by atoms with van der Waals surface area (Å²) in [5.41, 5.74) is 1.62. The largest absolute Gasteiger partial charge is 0.290 e. The lowest BCUT2D eigenvalue weighted by Gasteiger charge is -2.06. The number of hydrogen-bond donors (Lipinski definition) is 0. The van der Waals surface area contributed by atoms with Crippen LogP contribution in [0.3, 0.4) is 0 Å². The summed E-state index contributed by atoms with van der Waals surface area (Å²) in [4.78, 5) is 26.9. The number of carbonyl (C=O) groups excluding carboxylic acids is 1. The molecule has 104 valence electrons. The molecule has 5 nitrogen and oxygen atoms in total. The summed E-state index contributed by atoms with van der Waals surface area (Å²) in [5.74, 6) is -0.0634. The number of nitrogens with zero attached hydrogens (tertiary/aromatic N) is 4. The van der Waals surface area contributed by atoms with Crippen molar-refractivity contribution in [1.29, 1.82) is 0 Å². The van der Waals surface area contributed by atoms with Crippen LogP contribution in [0.2, 0.25) is 0 Å². The van der Waals surface area contributed by atoms with Crippen LogP contribution >= 0.6 is 11.8 Å². The fourth-order valence-corrected chi connectivity index (χ4v) is 2.78. The molecule has 1 aliphatic heterocycles. The van der Waals surface area contributed by atoms with Gasteiger partial charge in [-0.25, -0.2) is 4.99 Å². The summed E-state index contributed by atoms with van der Waals surface area (Å²) in [5, 5.41) is 0.642. The number of aliphatic imine (C=N–C) groups is 1. The van der Waals surface area contributed by atoms with Gasteiger partial charge in [-0.05, 0) is 41.6 Å². The molecule has 0 radical (unpaired) electrons. The number of rotatable bonds is 2. The Hall–Kier alpha value is -2.47. The van der Waals surface area contributed by atoms with Crippen LogP contribution < -0.4 is 0 Å². The van der Waals surface area contributed by atoms with Gasteiger partial charge in [-0.1, -0.05) is 6.07 Å². The molecular weight excluding hydrogens is 284 g/mol. The second-order valence-corrected chi connectivity index (χ2v) is 5.38. The lowest BCUT2D eigenvalue weighted by molar-refractivity contribution is -0.121. The maximum absolute atomic E-state index is 12.2. The van der Waals surface area contributed by atoms with Gasteiger partial charge in [-0.2, -0.15) is 0 Å². The molecule has 6 heteroatoms. The predicted molar refractivity (Wildman–Crippen MR) is 83.9 cm³/mol. The van der Waals surface area contributed by atoms with Crippen LogP contribution in [0.5, 0.6) is 0 Å². The first kappa shape index (κ1) is 13.5. The minimum atomic E-state index is -0.0634. The normalized spacial score (nSPS) is 18.7. The second-order valence-electron chi connectivity index (χ2n) is 4.37. The summed E-state index contributed by atoms with van der Waals surface area (Å²) in [7, 11) is 1.72.